The van der Waals surface area contributed by atoms with E-state index >= 15 is 0 Å². The van der Waals surface area contributed by atoms with Crippen LogP contribution in [-0.2, 0) is 6.54 Å². The molecule has 76 valence electrons. The number of pyridine rings is 1. The van der Waals surface area contributed by atoms with Crippen LogP contribution < -0.4 is 10.6 Å². The van der Waals surface area contributed by atoms with Gasteiger partial charge in [0.1, 0.15) is 0 Å². The lowest BCUT2D eigenvalue weighted by molar-refractivity contribution is 0.0955. The molecule has 0 spiro atoms. The Bertz CT molecular complexity index is 312. The van der Waals surface area contributed by atoms with Crippen LogP contribution in [0, 0.1) is 0 Å². The van der Waals surface area contributed by atoms with E-state index in [1.54, 1.807) is 18.3 Å². The summed E-state index contributed by atoms with van der Waals surface area (Å²) in [7, 11) is 1.85. The Balaban J connectivity index is 2.77. The van der Waals surface area contributed by atoms with Crippen LogP contribution in [0.3, 0.4) is 0 Å². The van der Waals surface area contributed by atoms with Gasteiger partial charge in [0.15, 0.2) is 0 Å². The highest BCUT2D eigenvalue weighted by Crippen LogP contribution is 2.01. The molecule has 0 aromatic carbocycles. The highest BCUT2D eigenvalue weighted by Gasteiger charge is 2.04. The van der Waals surface area contributed by atoms with Crippen molar-refractivity contribution in [1.82, 2.24) is 15.6 Å². The fourth-order valence-electron chi connectivity index (χ4n) is 1.16. The third-order valence-electron chi connectivity index (χ3n) is 1.77. The maximum Gasteiger partial charge on any atom is 0.251 e. The molecule has 0 saturated heterocycles. The molecule has 1 rings (SSSR count). The number of hydrogen-bond donors (Lipinski definition) is 2. The van der Waals surface area contributed by atoms with E-state index in [4.69, 9.17) is 0 Å². The monoisotopic (exact) mass is 193 g/mol. The Labute approximate surface area is 83.7 Å². The molecule has 0 aliphatic rings. The minimum absolute atomic E-state index is 0.0488. The van der Waals surface area contributed by atoms with Crippen LogP contribution >= 0.6 is 0 Å². The molecular weight excluding hydrogens is 178 g/mol. The molecule has 1 aromatic heterocycles. The van der Waals surface area contributed by atoms with Crippen LogP contribution in [0.5, 0.6) is 0 Å². The minimum atomic E-state index is -0.0488. The Morgan fingerprint density at radius 3 is 3.00 bits per heavy atom. The lowest BCUT2D eigenvalue weighted by Crippen LogP contribution is -2.23. The SMILES string of the molecule is CCNC(=O)c1ccnc(CNC)c1. The summed E-state index contributed by atoms with van der Waals surface area (Å²) in [4.78, 5) is 15.6. The molecule has 0 aliphatic carbocycles. The summed E-state index contributed by atoms with van der Waals surface area (Å²) >= 11 is 0. The smallest absolute Gasteiger partial charge is 0.251 e. The van der Waals surface area contributed by atoms with Crippen molar-refractivity contribution in [1.29, 1.82) is 0 Å². The molecule has 1 heterocycles. The van der Waals surface area contributed by atoms with Crippen molar-refractivity contribution in [3.63, 3.8) is 0 Å². The molecule has 0 bridgehead atoms. The molecular formula is C10H15N3O. The van der Waals surface area contributed by atoms with Crippen LogP contribution in [0.4, 0.5) is 0 Å². The van der Waals surface area contributed by atoms with Crippen LogP contribution in [0.2, 0.25) is 0 Å². The van der Waals surface area contributed by atoms with E-state index in [2.05, 4.69) is 15.6 Å². The van der Waals surface area contributed by atoms with Gasteiger partial charge in [0.05, 0.1) is 5.69 Å². The molecule has 0 saturated carbocycles. The Kier molecular flexibility index (Phi) is 4.07. The number of hydrogen-bond acceptors (Lipinski definition) is 3. The van der Waals surface area contributed by atoms with Crippen molar-refractivity contribution in [3.8, 4) is 0 Å². The molecule has 0 aliphatic heterocycles. The number of nitrogens with zero attached hydrogens (tertiary/aromatic N) is 1. The first-order valence-electron chi connectivity index (χ1n) is 4.65. The largest absolute Gasteiger partial charge is 0.352 e. The summed E-state index contributed by atoms with van der Waals surface area (Å²) < 4.78 is 0. The summed E-state index contributed by atoms with van der Waals surface area (Å²) in [6.07, 6.45) is 1.65. The van der Waals surface area contributed by atoms with Crippen molar-refractivity contribution < 1.29 is 4.79 Å². The zero-order valence-electron chi connectivity index (χ0n) is 8.50. The fourth-order valence-corrected chi connectivity index (χ4v) is 1.16. The van der Waals surface area contributed by atoms with Gasteiger partial charge in [0.25, 0.3) is 5.91 Å². The van der Waals surface area contributed by atoms with Gasteiger partial charge in [0, 0.05) is 24.8 Å². The van der Waals surface area contributed by atoms with Crippen LogP contribution in [-0.4, -0.2) is 24.5 Å². The lowest BCUT2D eigenvalue weighted by atomic mass is 10.2. The number of carbonyl (C=O) groups is 1. The van der Waals surface area contributed by atoms with Crippen LogP contribution in [0.15, 0.2) is 18.3 Å². The lowest BCUT2D eigenvalue weighted by Gasteiger charge is -2.03. The third-order valence-corrected chi connectivity index (χ3v) is 1.77. The van der Waals surface area contributed by atoms with Crippen molar-refractivity contribution >= 4 is 5.91 Å². The van der Waals surface area contributed by atoms with E-state index in [0.29, 0.717) is 18.7 Å². The molecule has 0 fully saturated rings. The summed E-state index contributed by atoms with van der Waals surface area (Å²) in [5.41, 5.74) is 1.53. The first-order valence-corrected chi connectivity index (χ1v) is 4.65. The van der Waals surface area contributed by atoms with Gasteiger partial charge in [-0.3, -0.25) is 9.78 Å². The second-order valence-electron chi connectivity index (χ2n) is 2.93. The molecule has 1 amide bonds. The molecule has 14 heavy (non-hydrogen) atoms. The minimum Gasteiger partial charge on any atom is -0.352 e. The molecule has 4 heteroatoms. The summed E-state index contributed by atoms with van der Waals surface area (Å²) in [5, 5.41) is 5.73. The van der Waals surface area contributed by atoms with Crippen molar-refractivity contribution in [2.75, 3.05) is 13.6 Å². The van der Waals surface area contributed by atoms with Gasteiger partial charge in [-0.15, -0.1) is 0 Å². The van der Waals surface area contributed by atoms with E-state index in [0.717, 1.165) is 5.69 Å². The summed E-state index contributed by atoms with van der Waals surface area (Å²) in [5.74, 6) is -0.0488. The van der Waals surface area contributed by atoms with Gasteiger partial charge in [0.2, 0.25) is 0 Å². The van der Waals surface area contributed by atoms with Crippen molar-refractivity contribution in [2.24, 2.45) is 0 Å². The average molecular weight is 193 g/mol. The number of nitrogens with one attached hydrogen (secondary N) is 2. The number of amides is 1. The Hall–Kier alpha value is -1.42. The summed E-state index contributed by atoms with van der Waals surface area (Å²) in [6, 6.07) is 3.51. The predicted molar refractivity (Wildman–Crippen MR) is 55.0 cm³/mol. The average Bonchev–Trinajstić information content (AvgIpc) is 2.19. The molecule has 0 atom stereocenters. The number of carbonyl (C=O) groups excluding carboxylic acids is 1. The van der Waals surface area contributed by atoms with Gasteiger partial charge >= 0.3 is 0 Å². The van der Waals surface area contributed by atoms with Crippen LogP contribution in [0.1, 0.15) is 23.0 Å². The van der Waals surface area contributed by atoms with Gasteiger partial charge in [-0.1, -0.05) is 0 Å². The zero-order valence-corrected chi connectivity index (χ0v) is 8.50. The van der Waals surface area contributed by atoms with E-state index in [-0.39, 0.29) is 5.91 Å². The van der Waals surface area contributed by atoms with Crippen LogP contribution in [0.25, 0.3) is 0 Å². The maximum atomic E-state index is 11.4. The third kappa shape index (κ3) is 2.81. The normalized spacial score (nSPS) is 9.86. The molecule has 4 nitrogen and oxygen atoms in total. The van der Waals surface area contributed by atoms with Gasteiger partial charge in [-0.05, 0) is 26.1 Å². The maximum absolute atomic E-state index is 11.4. The van der Waals surface area contributed by atoms with Crippen molar-refractivity contribution in [2.45, 2.75) is 13.5 Å². The van der Waals surface area contributed by atoms with E-state index in [1.165, 1.54) is 0 Å². The molecule has 2 N–H and O–H groups in total. The predicted octanol–water partition coefficient (Wildman–Crippen LogP) is 0.551. The topological polar surface area (TPSA) is 54.0 Å². The van der Waals surface area contributed by atoms with E-state index < -0.39 is 0 Å². The second kappa shape index (κ2) is 5.34. The molecule has 0 unspecified atom stereocenters. The first-order chi connectivity index (χ1) is 6.77. The van der Waals surface area contributed by atoms with Gasteiger partial charge in [-0.2, -0.15) is 0 Å². The second-order valence-corrected chi connectivity index (χ2v) is 2.93. The highest BCUT2D eigenvalue weighted by molar-refractivity contribution is 5.94. The van der Waals surface area contributed by atoms with E-state index in [9.17, 15) is 4.79 Å². The number of aromatic nitrogens is 1. The Morgan fingerprint density at radius 1 is 1.57 bits per heavy atom. The van der Waals surface area contributed by atoms with Crippen molar-refractivity contribution in [3.05, 3.63) is 29.6 Å². The zero-order chi connectivity index (χ0) is 10.4. The fraction of sp³-hybridized carbons (Fsp3) is 0.400. The van der Waals surface area contributed by atoms with E-state index in [1.807, 2.05) is 14.0 Å². The summed E-state index contributed by atoms with van der Waals surface area (Å²) in [6.45, 7) is 3.21. The first kappa shape index (κ1) is 10.7. The standard InChI is InChI=1S/C10H15N3O/c1-3-12-10(14)8-4-5-13-9(6-8)7-11-2/h4-6,11H,3,7H2,1-2H3,(H,12,14). The molecule has 1 aromatic rings. The highest BCUT2D eigenvalue weighted by atomic mass is 16.1. The molecule has 0 radical (unpaired) electrons. The van der Waals surface area contributed by atoms with Gasteiger partial charge in [-0.25, -0.2) is 0 Å². The number of rotatable bonds is 4. The Morgan fingerprint density at radius 2 is 2.36 bits per heavy atom. The quantitative estimate of drug-likeness (QED) is 0.734. The van der Waals surface area contributed by atoms with Gasteiger partial charge < -0.3 is 10.6 Å².